The van der Waals surface area contributed by atoms with E-state index < -0.39 is 0 Å². The van der Waals surface area contributed by atoms with E-state index in [1.165, 1.54) is 6.20 Å². The van der Waals surface area contributed by atoms with Gasteiger partial charge in [-0.2, -0.15) is 10.2 Å². The van der Waals surface area contributed by atoms with Crippen LogP contribution in [0, 0.1) is 16.7 Å². The maximum absolute atomic E-state index is 13.0. The first-order valence-electron chi connectivity index (χ1n) is 10.2. The molecule has 2 aromatic rings. The molecule has 8 nitrogen and oxygen atoms in total. The minimum absolute atomic E-state index is 0.0443. The zero-order chi connectivity index (χ0) is 22.6. The van der Waals surface area contributed by atoms with Gasteiger partial charge in [-0.1, -0.05) is 20.8 Å². The molecule has 1 aromatic carbocycles. The number of nitrogens with one attached hydrogen (secondary N) is 1. The van der Waals surface area contributed by atoms with E-state index in [1.54, 1.807) is 5.01 Å². The number of rotatable bonds is 5. The molecular formula is C22H28BrN7O. The van der Waals surface area contributed by atoms with Crippen LogP contribution in [0.2, 0.25) is 0 Å². The summed E-state index contributed by atoms with van der Waals surface area (Å²) in [6.45, 7) is 10.7. The first-order chi connectivity index (χ1) is 14.7. The van der Waals surface area contributed by atoms with Crippen molar-refractivity contribution in [1.82, 2.24) is 20.3 Å². The Labute approximate surface area is 192 Å². The summed E-state index contributed by atoms with van der Waals surface area (Å²) >= 11 is 3.44. The predicted molar refractivity (Wildman–Crippen MR) is 125 cm³/mol. The number of nitriles is 1. The quantitative estimate of drug-likeness (QED) is 0.650. The third-order valence-electron chi connectivity index (χ3n) is 4.95. The smallest absolute Gasteiger partial charge is 0.269 e. The molecule has 0 radical (unpaired) electrons. The van der Waals surface area contributed by atoms with Crippen LogP contribution in [0.25, 0.3) is 0 Å². The molecule has 164 valence electrons. The molecule has 1 N–H and O–H groups in total. The predicted octanol–water partition coefficient (Wildman–Crippen LogP) is 3.06. The number of hydrogen-bond donors (Lipinski definition) is 1. The van der Waals surface area contributed by atoms with Crippen LogP contribution in [-0.2, 0) is 0 Å². The maximum atomic E-state index is 13.0. The van der Waals surface area contributed by atoms with Crippen LogP contribution < -0.4 is 15.3 Å². The highest BCUT2D eigenvalue weighted by molar-refractivity contribution is 9.10. The van der Waals surface area contributed by atoms with Gasteiger partial charge in [-0.25, -0.2) is 4.98 Å². The van der Waals surface area contributed by atoms with Gasteiger partial charge in [0.05, 0.1) is 4.47 Å². The minimum atomic E-state index is -0.238. The number of anilines is 2. The fourth-order valence-electron chi connectivity index (χ4n) is 3.32. The third kappa shape index (κ3) is 6.15. The van der Waals surface area contributed by atoms with Crippen LogP contribution in [0.4, 0.5) is 11.5 Å². The molecule has 0 aliphatic carbocycles. The largest absolute Gasteiger partial charge is 0.369 e. The molecule has 0 spiro atoms. The Morgan fingerprint density at radius 1 is 1.23 bits per heavy atom. The summed E-state index contributed by atoms with van der Waals surface area (Å²) in [7, 11) is 2.13. The van der Waals surface area contributed by atoms with Crippen molar-refractivity contribution in [2.45, 2.75) is 20.8 Å². The lowest BCUT2D eigenvalue weighted by molar-refractivity contribution is 0.0945. The summed E-state index contributed by atoms with van der Waals surface area (Å²) in [5, 5.41) is 10.8. The molecule has 31 heavy (non-hydrogen) atoms. The third-order valence-corrected chi connectivity index (χ3v) is 5.51. The molecule has 0 unspecified atom stereocenters. The molecule has 0 saturated carbocycles. The van der Waals surface area contributed by atoms with Gasteiger partial charge >= 0.3 is 0 Å². The molecule has 1 aromatic heterocycles. The van der Waals surface area contributed by atoms with Crippen LogP contribution in [0.1, 0.15) is 37.0 Å². The van der Waals surface area contributed by atoms with Gasteiger partial charge in [-0.3, -0.25) is 15.2 Å². The van der Waals surface area contributed by atoms with Gasteiger partial charge < -0.3 is 9.80 Å². The lowest BCUT2D eigenvalue weighted by atomic mass is 9.97. The lowest BCUT2D eigenvalue weighted by Crippen LogP contribution is -2.47. The number of amides is 1. The van der Waals surface area contributed by atoms with Crippen LogP contribution in [0.5, 0.6) is 0 Å². The van der Waals surface area contributed by atoms with E-state index in [4.69, 9.17) is 0 Å². The van der Waals surface area contributed by atoms with Gasteiger partial charge in [-0.15, -0.1) is 0 Å². The van der Waals surface area contributed by atoms with E-state index in [0.29, 0.717) is 22.4 Å². The Hall–Kier alpha value is -2.70. The van der Waals surface area contributed by atoms with Crippen LogP contribution in [-0.4, -0.2) is 60.5 Å². The van der Waals surface area contributed by atoms with Crippen molar-refractivity contribution in [2.24, 2.45) is 5.41 Å². The zero-order valence-corrected chi connectivity index (χ0v) is 20.0. The van der Waals surface area contributed by atoms with Crippen LogP contribution in [0.3, 0.4) is 0 Å². The standard InChI is InChI=1S/C22H28BrN7O/c1-22(2,3)15-30(20-18(23)14-25-19(13-24)26-20)27-21(31)16-5-7-17(8-6-16)29-11-9-28(4)10-12-29/h5-8,14H,9-12,15H2,1-4H3,(H,27,31). The number of piperazine rings is 1. The average Bonchev–Trinajstić information content (AvgIpc) is 2.73. The van der Waals surface area contributed by atoms with Crippen molar-refractivity contribution >= 4 is 33.3 Å². The number of nitrogens with zero attached hydrogens (tertiary/aromatic N) is 6. The van der Waals surface area contributed by atoms with Gasteiger partial charge in [-0.05, 0) is 52.7 Å². The Morgan fingerprint density at radius 2 is 1.87 bits per heavy atom. The Morgan fingerprint density at radius 3 is 2.45 bits per heavy atom. The van der Waals surface area contributed by atoms with E-state index >= 15 is 0 Å². The summed E-state index contributed by atoms with van der Waals surface area (Å²) in [5.41, 5.74) is 4.50. The minimum Gasteiger partial charge on any atom is -0.369 e. The van der Waals surface area contributed by atoms with Gasteiger partial charge in [0.2, 0.25) is 5.82 Å². The Balaban J connectivity index is 1.78. The number of hydrazine groups is 1. The van der Waals surface area contributed by atoms with Crippen molar-refractivity contribution in [3.63, 3.8) is 0 Å². The van der Waals surface area contributed by atoms with Gasteiger partial charge in [0, 0.05) is 50.2 Å². The number of hydrogen-bond acceptors (Lipinski definition) is 7. The summed E-state index contributed by atoms with van der Waals surface area (Å²) in [6, 6.07) is 9.61. The number of benzene rings is 1. The van der Waals surface area contributed by atoms with E-state index in [9.17, 15) is 10.1 Å². The van der Waals surface area contributed by atoms with Gasteiger partial charge in [0.15, 0.2) is 5.82 Å². The van der Waals surface area contributed by atoms with E-state index in [-0.39, 0.29) is 17.1 Å². The molecule has 1 saturated heterocycles. The fraction of sp³-hybridized carbons (Fsp3) is 0.455. The number of likely N-dealkylation sites (N-methyl/N-ethyl adjacent to an activating group) is 1. The highest BCUT2D eigenvalue weighted by Crippen LogP contribution is 2.26. The number of carbonyl (C=O) groups is 1. The summed E-state index contributed by atoms with van der Waals surface area (Å²) in [4.78, 5) is 25.9. The highest BCUT2D eigenvalue weighted by atomic mass is 79.9. The molecule has 0 bridgehead atoms. The van der Waals surface area contributed by atoms with E-state index in [1.807, 2.05) is 30.3 Å². The molecule has 2 heterocycles. The monoisotopic (exact) mass is 485 g/mol. The first-order valence-corrected chi connectivity index (χ1v) is 11.0. The second-order valence-electron chi connectivity index (χ2n) is 8.90. The summed E-state index contributed by atoms with van der Waals surface area (Å²) in [6.07, 6.45) is 1.52. The molecular weight excluding hydrogens is 458 g/mol. The molecule has 0 atom stereocenters. The summed E-state index contributed by atoms with van der Waals surface area (Å²) in [5.74, 6) is 0.255. The maximum Gasteiger partial charge on any atom is 0.269 e. The number of carbonyl (C=O) groups excluding carboxylic acids is 1. The fourth-order valence-corrected chi connectivity index (χ4v) is 3.72. The molecule has 1 aliphatic rings. The number of halogens is 1. The zero-order valence-electron chi connectivity index (χ0n) is 18.4. The van der Waals surface area contributed by atoms with Gasteiger partial charge in [0.1, 0.15) is 6.07 Å². The van der Waals surface area contributed by atoms with Crippen molar-refractivity contribution in [3.05, 3.63) is 46.3 Å². The Bertz CT molecular complexity index is 957. The normalized spacial score (nSPS) is 14.8. The molecule has 1 aliphatic heterocycles. The lowest BCUT2D eigenvalue weighted by Gasteiger charge is -2.34. The molecule has 1 fully saturated rings. The van der Waals surface area contributed by atoms with Crippen molar-refractivity contribution in [3.8, 4) is 6.07 Å². The van der Waals surface area contributed by atoms with Crippen molar-refractivity contribution < 1.29 is 4.79 Å². The van der Waals surface area contributed by atoms with Crippen LogP contribution >= 0.6 is 15.9 Å². The summed E-state index contributed by atoms with van der Waals surface area (Å²) < 4.78 is 0.599. The first kappa shape index (κ1) is 23.0. The van der Waals surface area contributed by atoms with E-state index in [0.717, 1.165) is 31.9 Å². The Kier molecular flexibility index (Phi) is 7.13. The molecule has 1 amide bonds. The second-order valence-corrected chi connectivity index (χ2v) is 9.76. The SMILES string of the molecule is CN1CCN(c2ccc(C(=O)NN(CC(C)(C)C)c3nc(C#N)ncc3Br)cc2)CC1. The topological polar surface area (TPSA) is 88.4 Å². The molecule has 9 heteroatoms. The van der Waals surface area contributed by atoms with Gasteiger partial charge in [0.25, 0.3) is 5.91 Å². The highest BCUT2D eigenvalue weighted by Gasteiger charge is 2.23. The van der Waals surface area contributed by atoms with E-state index in [2.05, 4.69) is 68.9 Å². The molecule has 3 rings (SSSR count). The van der Waals surface area contributed by atoms with Crippen LogP contribution in [0.15, 0.2) is 34.9 Å². The average molecular weight is 486 g/mol. The van der Waals surface area contributed by atoms with Crippen molar-refractivity contribution in [2.75, 3.05) is 49.7 Å². The van der Waals surface area contributed by atoms with Crippen molar-refractivity contribution in [1.29, 1.82) is 5.26 Å². The number of aromatic nitrogens is 2. The second kappa shape index (κ2) is 9.62.